The Hall–Kier alpha value is -2.87. The lowest BCUT2D eigenvalue weighted by Gasteiger charge is -2.20. The normalized spacial score (nSPS) is 12.4. The van der Waals surface area contributed by atoms with Gasteiger partial charge in [-0.1, -0.05) is 18.2 Å². The molecule has 8 heteroatoms. The number of carbonyl (C=O) groups excluding carboxylic acids is 3. The molecule has 0 saturated carbocycles. The van der Waals surface area contributed by atoms with E-state index in [1.54, 1.807) is 44.2 Å². The molecule has 2 atom stereocenters. The standard InChI is InChI=1S/C19H25NO7/c1-4-11-20-14-9-7-13(8-10-14)12-15(21)27-17(19(24)26-6-3)16(22)18(23)25-5-2/h4,7-10,16-17,20,22H,1,5-6,11-12H2,2-3H3. The fourth-order valence-electron chi connectivity index (χ4n) is 2.10. The topological polar surface area (TPSA) is 111 Å². The quantitative estimate of drug-likeness (QED) is 0.335. The van der Waals surface area contributed by atoms with E-state index in [9.17, 15) is 19.5 Å². The zero-order chi connectivity index (χ0) is 20.2. The SMILES string of the molecule is C=CCNc1ccc(CC(=O)OC(C(=O)OCC)C(O)C(=O)OCC)cc1. The van der Waals surface area contributed by atoms with Crippen LogP contribution in [0.1, 0.15) is 19.4 Å². The Kier molecular flexibility index (Phi) is 9.60. The molecule has 1 rings (SSSR count). The van der Waals surface area contributed by atoms with Crippen LogP contribution in [0.25, 0.3) is 0 Å². The first kappa shape index (κ1) is 22.2. The highest BCUT2D eigenvalue weighted by molar-refractivity contribution is 5.87. The van der Waals surface area contributed by atoms with Gasteiger partial charge in [-0.3, -0.25) is 4.79 Å². The summed E-state index contributed by atoms with van der Waals surface area (Å²) in [5.41, 5.74) is 1.49. The lowest BCUT2D eigenvalue weighted by atomic mass is 10.1. The van der Waals surface area contributed by atoms with Crippen molar-refractivity contribution in [3.8, 4) is 0 Å². The monoisotopic (exact) mass is 379 g/mol. The second kappa shape index (κ2) is 11.7. The van der Waals surface area contributed by atoms with Gasteiger partial charge in [0.1, 0.15) is 0 Å². The fourth-order valence-corrected chi connectivity index (χ4v) is 2.10. The van der Waals surface area contributed by atoms with Crippen LogP contribution in [-0.4, -0.2) is 55.0 Å². The van der Waals surface area contributed by atoms with Crippen molar-refractivity contribution in [3.63, 3.8) is 0 Å². The van der Waals surface area contributed by atoms with E-state index in [1.165, 1.54) is 0 Å². The van der Waals surface area contributed by atoms with Crippen LogP contribution in [0.4, 0.5) is 5.69 Å². The van der Waals surface area contributed by atoms with E-state index in [0.717, 1.165) is 5.69 Å². The van der Waals surface area contributed by atoms with Crippen LogP contribution >= 0.6 is 0 Å². The second-order valence-corrected chi connectivity index (χ2v) is 5.40. The molecule has 1 aromatic rings. The number of carbonyl (C=O) groups is 3. The first-order valence-electron chi connectivity index (χ1n) is 8.57. The highest BCUT2D eigenvalue weighted by atomic mass is 16.6. The minimum Gasteiger partial charge on any atom is -0.464 e. The molecule has 0 radical (unpaired) electrons. The molecular formula is C19H25NO7. The van der Waals surface area contributed by atoms with E-state index in [4.69, 9.17) is 9.47 Å². The van der Waals surface area contributed by atoms with Gasteiger partial charge in [-0.2, -0.15) is 0 Å². The Labute approximate surface area is 158 Å². The smallest absolute Gasteiger partial charge is 0.350 e. The average Bonchev–Trinajstić information content (AvgIpc) is 2.65. The van der Waals surface area contributed by atoms with Crippen molar-refractivity contribution in [2.75, 3.05) is 25.1 Å². The highest BCUT2D eigenvalue weighted by Crippen LogP contribution is 2.12. The molecule has 0 amide bonds. The van der Waals surface area contributed by atoms with E-state index in [2.05, 4.69) is 16.6 Å². The van der Waals surface area contributed by atoms with Crippen LogP contribution in [-0.2, 0) is 35.0 Å². The van der Waals surface area contributed by atoms with Gasteiger partial charge in [-0.15, -0.1) is 6.58 Å². The van der Waals surface area contributed by atoms with Crippen molar-refractivity contribution in [3.05, 3.63) is 42.5 Å². The van der Waals surface area contributed by atoms with Crippen molar-refractivity contribution >= 4 is 23.6 Å². The summed E-state index contributed by atoms with van der Waals surface area (Å²) < 4.78 is 14.4. The average molecular weight is 379 g/mol. The van der Waals surface area contributed by atoms with Gasteiger partial charge in [0.2, 0.25) is 6.10 Å². The van der Waals surface area contributed by atoms with Crippen LogP contribution < -0.4 is 5.32 Å². The van der Waals surface area contributed by atoms with Gasteiger partial charge in [0.25, 0.3) is 0 Å². The number of ether oxygens (including phenoxy) is 3. The van der Waals surface area contributed by atoms with Crippen LogP contribution in [0.2, 0.25) is 0 Å². The molecular weight excluding hydrogens is 354 g/mol. The van der Waals surface area contributed by atoms with Crippen molar-refractivity contribution in [2.45, 2.75) is 32.5 Å². The number of aliphatic hydroxyl groups excluding tert-OH is 1. The zero-order valence-corrected chi connectivity index (χ0v) is 15.5. The second-order valence-electron chi connectivity index (χ2n) is 5.40. The third kappa shape index (κ3) is 7.49. The molecule has 148 valence electrons. The Balaban J connectivity index is 2.76. The van der Waals surface area contributed by atoms with E-state index in [1.807, 2.05) is 0 Å². The van der Waals surface area contributed by atoms with Crippen LogP contribution in [0.3, 0.4) is 0 Å². The molecule has 0 bridgehead atoms. The number of rotatable bonds is 11. The first-order valence-corrected chi connectivity index (χ1v) is 8.57. The minimum absolute atomic E-state index is 0.00159. The minimum atomic E-state index is -1.96. The summed E-state index contributed by atoms with van der Waals surface area (Å²) in [6.07, 6.45) is -2.17. The molecule has 0 fully saturated rings. The van der Waals surface area contributed by atoms with E-state index in [-0.39, 0.29) is 19.6 Å². The summed E-state index contributed by atoms with van der Waals surface area (Å²) in [5, 5.41) is 13.1. The zero-order valence-electron chi connectivity index (χ0n) is 15.5. The van der Waals surface area contributed by atoms with Crippen molar-refractivity contribution in [1.82, 2.24) is 0 Å². The van der Waals surface area contributed by atoms with Gasteiger partial charge in [-0.05, 0) is 31.5 Å². The van der Waals surface area contributed by atoms with Crippen LogP contribution in [0.5, 0.6) is 0 Å². The molecule has 1 aromatic carbocycles. The molecule has 0 heterocycles. The number of nitrogens with one attached hydrogen (secondary N) is 1. The third-order valence-corrected chi connectivity index (χ3v) is 3.35. The lowest BCUT2D eigenvalue weighted by Crippen LogP contribution is -2.45. The predicted octanol–water partition coefficient (Wildman–Crippen LogP) is 1.23. The Morgan fingerprint density at radius 2 is 1.70 bits per heavy atom. The van der Waals surface area contributed by atoms with Gasteiger partial charge in [0, 0.05) is 12.2 Å². The number of esters is 3. The number of anilines is 1. The molecule has 27 heavy (non-hydrogen) atoms. The van der Waals surface area contributed by atoms with Gasteiger partial charge in [0.05, 0.1) is 19.6 Å². The largest absolute Gasteiger partial charge is 0.464 e. The number of hydrogen-bond acceptors (Lipinski definition) is 8. The van der Waals surface area contributed by atoms with Crippen LogP contribution in [0, 0.1) is 0 Å². The van der Waals surface area contributed by atoms with Crippen molar-refractivity contribution < 1.29 is 33.7 Å². The predicted molar refractivity (Wildman–Crippen MR) is 98.0 cm³/mol. The molecule has 0 aliphatic heterocycles. The molecule has 0 saturated heterocycles. The Morgan fingerprint density at radius 1 is 1.11 bits per heavy atom. The summed E-state index contributed by atoms with van der Waals surface area (Å²) >= 11 is 0. The Bertz CT molecular complexity index is 642. The first-order chi connectivity index (χ1) is 12.9. The maximum absolute atomic E-state index is 12.2. The molecule has 2 unspecified atom stereocenters. The van der Waals surface area contributed by atoms with E-state index in [0.29, 0.717) is 12.1 Å². The molecule has 8 nitrogen and oxygen atoms in total. The van der Waals surface area contributed by atoms with Gasteiger partial charge in [0.15, 0.2) is 6.10 Å². The number of hydrogen-bond donors (Lipinski definition) is 2. The van der Waals surface area contributed by atoms with Crippen molar-refractivity contribution in [2.24, 2.45) is 0 Å². The molecule has 0 aliphatic carbocycles. The number of aliphatic hydroxyl groups is 1. The summed E-state index contributed by atoms with van der Waals surface area (Å²) in [6, 6.07) is 6.99. The van der Waals surface area contributed by atoms with E-state index < -0.39 is 30.1 Å². The Morgan fingerprint density at radius 3 is 2.26 bits per heavy atom. The molecule has 0 aliphatic rings. The van der Waals surface area contributed by atoms with Crippen LogP contribution in [0.15, 0.2) is 36.9 Å². The lowest BCUT2D eigenvalue weighted by molar-refractivity contribution is -0.183. The fraction of sp³-hybridized carbons (Fsp3) is 0.421. The molecule has 2 N–H and O–H groups in total. The van der Waals surface area contributed by atoms with Crippen molar-refractivity contribution in [1.29, 1.82) is 0 Å². The van der Waals surface area contributed by atoms with Gasteiger partial charge < -0.3 is 24.6 Å². The molecule has 0 spiro atoms. The third-order valence-electron chi connectivity index (χ3n) is 3.35. The summed E-state index contributed by atoms with van der Waals surface area (Å²) in [6.45, 7) is 7.32. The number of benzene rings is 1. The molecule has 0 aromatic heterocycles. The summed E-state index contributed by atoms with van der Waals surface area (Å²) in [4.78, 5) is 35.8. The van der Waals surface area contributed by atoms with Gasteiger partial charge >= 0.3 is 17.9 Å². The highest BCUT2D eigenvalue weighted by Gasteiger charge is 2.37. The summed E-state index contributed by atoms with van der Waals surface area (Å²) in [7, 11) is 0. The van der Waals surface area contributed by atoms with E-state index >= 15 is 0 Å². The maximum Gasteiger partial charge on any atom is 0.350 e. The summed E-state index contributed by atoms with van der Waals surface area (Å²) in [5.74, 6) is -2.88. The van der Waals surface area contributed by atoms with Gasteiger partial charge in [-0.25, -0.2) is 9.59 Å². The maximum atomic E-state index is 12.2.